The van der Waals surface area contributed by atoms with Gasteiger partial charge in [-0.3, -0.25) is 4.99 Å². The van der Waals surface area contributed by atoms with E-state index in [0.29, 0.717) is 55.3 Å². The molecule has 1 aliphatic rings. The highest BCUT2D eigenvalue weighted by atomic mass is 127. The van der Waals surface area contributed by atoms with E-state index < -0.39 is 15.5 Å². The maximum absolute atomic E-state index is 12.6. The fraction of sp³-hybridized carbons (Fsp3) is 0.933. The summed E-state index contributed by atoms with van der Waals surface area (Å²) < 4.78 is 66.4. The van der Waals surface area contributed by atoms with Crippen molar-refractivity contribution in [1.29, 1.82) is 0 Å². The van der Waals surface area contributed by atoms with Gasteiger partial charge in [0, 0.05) is 39.8 Å². The van der Waals surface area contributed by atoms with Crippen LogP contribution in [-0.4, -0.2) is 70.6 Å². The number of sulfonamides is 1. The van der Waals surface area contributed by atoms with Crippen molar-refractivity contribution in [2.45, 2.75) is 32.2 Å². The van der Waals surface area contributed by atoms with Crippen molar-refractivity contribution in [3.63, 3.8) is 0 Å². The lowest BCUT2D eigenvalue weighted by Gasteiger charge is -2.31. The molecule has 0 aromatic heterocycles. The maximum Gasteiger partial charge on any atom is 0.511 e. The van der Waals surface area contributed by atoms with E-state index in [1.165, 1.54) is 0 Å². The highest BCUT2D eigenvalue weighted by Crippen LogP contribution is 2.30. The van der Waals surface area contributed by atoms with Crippen molar-refractivity contribution in [3.05, 3.63) is 0 Å². The van der Waals surface area contributed by atoms with Crippen LogP contribution in [-0.2, 0) is 14.8 Å². The maximum atomic E-state index is 12.6. The first-order chi connectivity index (χ1) is 12.1. The van der Waals surface area contributed by atoms with Crippen LogP contribution in [0.2, 0.25) is 0 Å². The van der Waals surface area contributed by atoms with Crippen LogP contribution < -0.4 is 10.6 Å². The second-order valence-corrected chi connectivity index (χ2v) is 8.57. The molecule has 0 aromatic rings. The molecule has 7 nitrogen and oxygen atoms in total. The Hall–Kier alpha value is -0.340. The molecule has 0 aliphatic carbocycles. The molecule has 0 radical (unpaired) electrons. The quantitative estimate of drug-likeness (QED) is 0.217. The Bertz CT molecular complexity index is 551. The van der Waals surface area contributed by atoms with E-state index in [1.54, 1.807) is 7.05 Å². The van der Waals surface area contributed by atoms with Gasteiger partial charge in [0.15, 0.2) is 5.96 Å². The third kappa shape index (κ3) is 9.13. The first kappa shape index (κ1) is 26.7. The summed E-state index contributed by atoms with van der Waals surface area (Å²) in [5.74, 6) is 1.15. The molecule has 0 bridgehead atoms. The van der Waals surface area contributed by atoms with Crippen molar-refractivity contribution < 1.29 is 26.3 Å². The minimum Gasteiger partial charge on any atom is -0.379 e. The number of nitrogens with zero attached hydrogens (tertiary/aromatic N) is 2. The number of rotatable bonds is 8. The van der Waals surface area contributed by atoms with Gasteiger partial charge in [-0.2, -0.15) is 17.5 Å². The molecule has 0 atom stereocenters. The van der Waals surface area contributed by atoms with Crippen LogP contribution in [0.5, 0.6) is 0 Å². The van der Waals surface area contributed by atoms with E-state index in [1.807, 2.05) is 0 Å². The van der Waals surface area contributed by atoms with Gasteiger partial charge in [-0.1, -0.05) is 13.8 Å². The number of guanidine groups is 1. The Morgan fingerprint density at radius 1 is 1.26 bits per heavy atom. The van der Waals surface area contributed by atoms with Gasteiger partial charge in [-0.05, 0) is 24.7 Å². The molecule has 0 aromatic carbocycles. The normalized spacial score (nSPS) is 17.7. The van der Waals surface area contributed by atoms with Gasteiger partial charge in [0.05, 0.1) is 6.61 Å². The number of hydrogen-bond donors (Lipinski definition) is 2. The Balaban J connectivity index is 0.00000676. The first-order valence-electron chi connectivity index (χ1n) is 8.66. The van der Waals surface area contributed by atoms with E-state index >= 15 is 0 Å². The zero-order valence-corrected chi connectivity index (χ0v) is 19.0. The lowest BCUT2D eigenvalue weighted by molar-refractivity contribution is -0.0496. The molecular formula is C15H30F3IN4O3S. The highest BCUT2D eigenvalue weighted by molar-refractivity contribution is 14.0. The van der Waals surface area contributed by atoms with Crippen LogP contribution in [0, 0.1) is 11.8 Å². The molecule has 1 fully saturated rings. The topological polar surface area (TPSA) is 83.0 Å². The molecule has 0 spiro atoms. The van der Waals surface area contributed by atoms with Crippen LogP contribution >= 0.6 is 24.0 Å². The fourth-order valence-corrected chi connectivity index (χ4v) is 3.51. The van der Waals surface area contributed by atoms with Crippen LogP contribution in [0.25, 0.3) is 0 Å². The lowest BCUT2D eigenvalue weighted by atomic mass is 9.98. The number of ether oxygens (including phenoxy) is 1. The molecule has 0 unspecified atom stereocenters. The van der Waals surface area contributed by atoms with E-state index in [-0.39, 0.29) is 43.0 Å². The Labute approximate surface area is 176 Å². The van der Waals surface area contributed by atoms with E-state index in [4.69, 9.17) is 4.74 Å². The third-order valence-corrected chi connectivity index (χ3v) is 5.61. The summed E-state index contributed by atoms with van der Waals surface area (Å²) >= 11 is 0. The van der Waals surface area contributed by atoms with Gasteiger partial charge >= 0.3 is 15.5 Å². The Morgan fingerprint density at radius 2 is 1.85 bits per heavy atom. The number of hydrogen-bond acceptors (Lipinski definition) is 4. The SMILES string of the molecule is CN=C(NCCOCC(C)C)NCC1CCN(S(=O)(=O)C(F)(F)F)CC1.I. The van der Waals surface area contributed by atoms with Gasteiger partial charge < -0.3 is 15.4 Å². The molecule has 2 N–H and O–H groups in total. The number of piperidine rings is 1. The Morgan fingerprint density at radius 3 is 2.33 bits per heavy atom. The van der Waals surface area contributed by atoms with Gasteiger partial charge in [-0.15, -0.1) is 24.0 Å². The molecule has 1 aliphatic heterocycles. The summed E-state index contributed by atoms with van der Waals surface area (Å²) in [5.41, 5.74) is -5.23. The predicted molar refractivity (Wildman–Crippen MR) is 110 cm³/mol. The molecule has 1 saturated heterocycles. The van der Waals surface area contributed by atoms with Gasteiger partial charge in [0.2, 0.25) is 0 Å². The zero-order chi connectivity index (χ0) is 19.8. The molecule has 1 heterocycles. The van der Waals surface area contributed by atoms with Crippen molar-refractivity contribution in [2.24, 2.45) is 16.8 Å². The molecular weight excluding hydrogens is 500 g/mol. The molecule has 0 saturated carbocycles. The second kappa shape index (κ2) is 12.3. The number of nitrogens with one attached hydrogen (secondary N) is 2. The van der Waals surface area contributed by atoms with E-state index in [9.17, 15) is 21.6 Å². The second-order valence-electron chi connectivity index (χ2n) is 6.64. The fourth-order valence-electron chi connectivity index (χ4n) is 2.52. The largest absolute Gasteiger partial charge is 0.511 e. The smallest absolute Gasteiger partial charge is 0.379 e. The standard InChI is InChI=1S/C15H29F3N4O3S.HI/c1-12(2)11-25-9-6-20-14(19-3)21-10-13-4-7-22(8-5-13)26(23,24)15(16,17)18;/h12-13H,4-11H2,1-3H3,(H2,19,20,21);1H. The number of halogens is 4. The third-order valence-electron chi connectivity index (χ3n) is 3.98. The molecule has 162 valence electrons. The van der Waals surface area contributed by atoms with Gasteiger partial charge in [0.1, 0.15) is 0 Å². The minimum absolute atomic E-state index is 0. The highest BCUT2D eigenvalue weighted by Gasteiger charge is 2.50. The van der Waals surface area contributed by atoms with Crippen molar-refractivity contribution in [2.75, 3.05) is 46.4 Å². The predicted octanol–water partition coefficient (Wildman–Crippen LogP) is 2.00. The number of alkyl halides is 3. The Kier molecular flexibility index (Phi) is 12.1. The van der Waals surface area contributed by atoms with Gasteiger partial charge in [0.25, 0.3) is 0 Å². The van der Waals surface area contributed by atoms with Crippen LogP contribution in [0.3, 0.4) is 0 Å². The van der Waals surface area contributed by atoms with E-state index in [2.05, 4.69) is 29.5 Å². The van der Waals surface area contributed by atoms with Crippen molar-refractivity contribution in [1.82, 2.24) is 14.9 Å². The molecule has 27 heavy (non-hydrogen) atoms. The first-order valence-corrected chi connectivity index (χ1v) is 10.1. The summed E-state index contributed by atoms with van der Waals surface area (Å²) in [6, 6.07) is 0. The summed E-state index contributed by atoms with van der Waals surface area (Å²) in [7, 11) is -3.59. The lowest BCUT2D eigenvalue weighted by Crippen LogP contribution is -2.47. The average Bonchev–Trinajstić information content (AvgIpc) is 2.56. The molecule has 12 heteroatoms. The van der Waals surface area contributed by atoms with E-state index in [0.717, 1.165) is 0 Å². The molecule has 1 rings (SSSR count). The summed E-state index contributed by atoms with van der Waals surface area (Å²) in [6.07, 6.45) is 0.744. The van der Waals surface area contributed by atoms with Gasteiger partial charge in [-0.25, -0.2) is 8.42 Å². The van der Waals surface area contributed by atoms with Crippen molar-refractivity contribution >= 4 is 40.0 Å². The zero-order valence-electron chi connectivity index (χ0n) is 15.9. The number of aliphatic imine (C=N–C) groups is 1. The summed E-state index contributed by atoms with van der Waals surface area (Å²) in [4.78, 5) is 4.08. The minimum atomic E-state index is -5.23. The van der Waals surface area contributed by atoms with Crippen molar-refractivity contribution in [3.8, 4) is 0 Å². The van der Waals surface area contributed by atoms with Crippen LogP contribution in [0.1, 0.15) is 26.7 Å². The monoisotopic (exact) mass is 530 g/mol. The van der Waals surface area contributed by atoms with Crippen LogP contribution in [0.15, 0.2) is 4.99 Å². The summed E-state index contributed by atoms with van der Waals surface area (Å²) in [5, 5.41) is 6.21. The summed E-state index contributed by atoms with van der Waals surface area (Å²) in [6.45, 7) is 6.24. The average molecular weight is 530 g/mol. The van der Waals surface area contributed by atoms with Crippen LogP contribution in [0.4, 0.5) is 13.2 Å². The molecule has 0 amide bonds.